The zero-order valence-corrected chi connectivity index (χ0v) is 27.8. The first-order chi connectivity index (χ1) is 21.4. The van der Waals surface area contributed by atoms with Gasteiger partial charge in [-0.15, -0.1) is 0 Å². The number of nitrogens with zero attached hydrogens (tertiary/aromatic N) is 6. The fourth-order valence-corrected chi connectivity index (χ4v) is 6.05. The van der Waals surface area contributed by atoms with Crippen LogP contribution in [0.25, 0.3) is 11.0 Å². The molecule has 0 atom stereocenters. The van der Waals surface area contributed by atoms with Crippen LogP contribution in [0.4, 0.5) is 16.4 Å². The van der Waals surface area contributed by atoms with Crippen molar-refractivity contribution >= 4 is 28.8 Å². The third-order valence-electron chi connectivity index (χ3n) is 8.19. The molecule has 0 spiro atoms. The quantitative estimate of drug-likeness (QED) is 0.201. The summed E-state index contributed by atoms with van der Waals surface area (Å²) in [5, 5.41) is 8.94. The van der Waals surface area contributed by atoms with E-state index >= 15 is 0 Å². The molecule has 0 radical (unpaired) electrons. The number of hydrogen-bond donors (Lipinski definition) is 1. The normalized spacial score (nSPS) is 16.7. The predicted octanol–water partition coefficient (Wildman–Crippen LogP) is 7.96. The summed E-state index contributed by atoms with van der Waals surface area (Å²) in [4.78, 5) is 26.8. The molecular formula is C35H51N7O3. The second kappa shape index (κ2) is 13.5. The smallest absolute Gasteiger partial charge is 0.410 e. The number of amides is 1. The van der Waals surface area contributed by atoms with Crippen LogP contribution in [0.5, 0.6) is 0 Å². The summed E-state index contributed by atoms with van der Waals surface area (Å²) in [6.07, 6.45) is 11.0. The van der Waals surface area contributed by atoms with E-state index in [0.717, 1.165) is 61.1 Å². The maximum absolute atomic E-state index is 13.5. The van der Waals surface area contributed by atoms with E-state index in [1.54, 1.807) is 0 Å². The lowest BCUT2D eigenvalue weighted by Gasteiger charge is -2.40. The SMILES string of the molecule is C=C=C(OC(C)(C)C)N1CCC(N(Cc2ccc(Nc3ncc4cnn(C5CCCCC5)c4n3)cc2)C(=O)OC(C)(C)C)CC1.[HH]. The molecule has 3 heterocycles. The van der Waals surface area contributed by atoms with Crippen molar-refractivity contribution in [2.45, 2.75) is 116 Å². The minimum Gasteiger partial charge on any atom is -0.468 e. The van der Waals surface area contributed by atoms with Gasteiger partial charge in [0.25, 0.3) is 0 Å². The molecule has 2 aliphatic rings. The highest BCUT2D eigenvalue weighted by atomic mass is 16.6. The molecule has 2 aromatic heterocycles. The maximum atomic E-state index is 13.5. The standard InChI is InChI=1S/C35H49N7O3.H2/c1-8-30(44-34(2,3)4)40-20-18-28(19-21-40)41(33(43)45-35(5,6)7)24-25-14-16-27(17-15-25)38-32-36-22-26-23-37-42(31(26)39-32)29-12-10-9-11-13-29;/h14-17,22-23,28-29H,1,9-13,18-21,24H2,2-7H3,(H,36,38,39);1H. The zero-order chi connectivity index (χ0) is 32.2. The molecule has 5 rings (SSSR count). The lowest BCUT2D eigenvalue weighted by Crippen LogP contribution is -2.48. The van der Waals surface area contributed by atoms with Gasteiger partial charge in [-0.1, -0.05) is 43.7 Å². The molecule has 3 aromatic rings. The van der Waals surface area contributed by atoms with Crippen molar-refractivity contribution in [3.8, 4) is 0 Å². The highest BCUT2D eigenvalue weighted by Crippen LogP contribution is 2.30. The lowest BCUT2D eigenvalue weighted by atomic mass is 9.96. The Kier molecular flexibility index (Phi) is 9.73. The van der Waals surface area contributed by atoms with Crippen molar-refractivity contribution in [2.75, 3.05) is 18.4 Å². The first kappa shape index (κ1) is 32.4. The molecule has 1 amide bonds. The molecule has 244 valence electrons. The number of carbonyl (C=O) groups excluding carboxylic acids is 1. The van der Waals surface area contributed by atoms with Gasteiger partial charge in [-0.2, -0.15) is 10.1 Å². The molecule has 1 saturated carbocycles. The number of benzene rings is 1. The molecule has 10 heteroatoms. The number of piperidine rings is 1. The van der Waals surface area contributed by atoms with E-state index in [1.165, 1.54) is 19.3 Å². The Morgan fingerprint density at radius 1 is 1.00 bits per heavy atom. The van der Waals surface area contributed by atoms with Gasteiger partial charge in [0.05, 0.1) is 17.6 Å². The fourth-order valence-electron chi connectivity index (χ4n) is 6.05. The van der Waals surface area contributed by atoms with Crippen LogP contribution >= 0.6 is 0 Å². The van der Waals surface area contributed by atoms with Crippen molar-refractivity contribution in [3.05, 3.63) is 60.4 Å². The minimum absolute atomic E-state index is 0. The predicted molar refractivity (Wildman–Crippen MR) is 179 cm³/mol. The molecule has 1 aliphatic carbocycles. The van der Waals surface area contributed by atoms with Crippen LogP contribution in [-0.4, -0.2) is 66.0 Å². The summed E-state index contributed by atoms with van der Waals surface area (Å²) in [7, 11) is 0. The Bertz CT molecular complexity index is 1510. The third kappa shape index (κ3) is 8.57. The van der Waals surface area contributed by atoms with Gasteiger partial charge in [-0.3, -0.25) is 0 Å². The lowest BCUT2D eigenvalue weighted by molar-refractivity contribution is -0.0168. The molecule has 1 aliphatic heterocycles. The van der Waals surface area contributed by atoms with E-state index in [9.17, 15) is 4.79 Å². The number of rotatable bonds is 8. The van der Waals surface area contributed by atoms with Crippen molar-refractivity contribution in [3.63, 3.8) is 0 Å². The van der Waals surface area contributed by atoms with Gasteiger partial charge in [0.15, 0.2) is 5.65 Å². The highest BCUT2D eigenvalue weighted by molar-refractivity contribution is 5.75. The Labute approximate surface area is 269 Å². The Hall–Kier alpha value is -4.04. The van der Waals surface area contributed by atoms with Gasteiger partial charge < -0.3 is 24.6 Å². The van der Waals surface area contributed by atoms with E-state index in [1.807, 2.05) is 83.1 Å². The number of nitrogens with one attached hydrogen (secondary N) is 1. The summed E-state index contributed by atoms with van der Waals surface area (Å²) < 4.78 is 14.0. The maximum Gasteiger partial charge on any atom is 0.410 e. The van der Waals surface area contributed by atoms with Gasteiger partial charge in [0, 0.05) is 39.0 Å². The van der Waals surface area contributed by atoms with E-state index in [2.05, 4.69) is 37.3 Å². The first-order valence-corrected chi connectivity index (χ1v) is 16.3. The number of fused-ring (bicyclic) bond motifs is 1. The topological polar surface area (TPSA) is 97.6 Å². The van der Waals surface area contributed by atoms with Crippen molar-refractivity contribution in [1.82, 2.24) is 29.5 Å². The fraction of sp³-hybridized carbons (Fsp3) is 0.571. The summed E-state index contributed by atoms with van der Waals surface area (Å²) in [6, 6.07) is 8.51. The molecule has 2 fully saturated rings. The number of aromatic nitrogens is 4. The second-order valence-electron chi connectivity index (χ2n) is 14.2. The molecule has 1 aromatic carbocycles. The average Bonchev–Trinajstić information content (AvgIpc) is 3.42. The molecule has 10 nitrogen and oxygen atoms in total. The van der Waals surface area contributed by atoms with Crippen LogP contribution in [0.15, 0.2) is 54.9 Å². The molecule has 1 N–H and O–H groups in total. The molecule has 45 heavy (non-hydrogen) atoms. The summed E-state index contributed by atoms with van der Waals surface area (Å²) in [5.41, 5.74) is 4.80. The first-order valence-electron chi connectivity index (χ1n) is 16.3. The van der Waals surface area contributed by atoms with Crippen molar-refractivity contribution < 1.29 is 15.7 Å². The van der Waals surface area contributed by atoms with Gasteiger partial charge >= 0.3 is 6.09 Å². The van der Waals surface area contributed by atoms with Gasteiger partial charge in [-0.05, 0) is 84.9 Å². The van der Waals surface area contributed by atoms with Gasteiger partial charge in [-0.25, -0.2) is 14.5 Å². The Balaban J connectivity index is 0.00000480. The second-order valence-corrected chi connectivity index (χ2v) is 14.2. The van der Waals surface area contributed by atoms with Gasteiger partial charge in [0.1, 0.15) is 11.2 Å². The van der Waals surface area contributed by atoms with Crippen molar-refractivity contribution in [2.24, 2.45) is 0 Å². The van der Waals surface area contributed by atoms with Crippen molar-refractivity contribution in [1.29, 1.82) is 0 Å². The highest BCUT2D eigenvalue weighted by Gasteiger charge is 2.33. The van der Waals surface area contributed by atoms with Crippen LogP contribution in [-0.2, 0) is 16.0 Å². The van der Waals surface area contributed by atoms with Crippen LogP contribution in [0, 0.1) is 0 Å². The minimum atomic E-state index is -0.587. The summed E-state index contributed by atoms with van der Waals surface area (Å²) in [6.45, 7) is 17.5. The van der Waals surface area contributed by atoms with Crippen LogP contribution < -0.4 is 5.32 Å². The number of hydrogen-bond acceptors (Lipinski definition) is 8. The number of ether oxygens (including phenoxy) is 2. The Morgan fingerprint density at radius 2 is 1.67 bits per heavy atom. The zero-order valence-electron chi connectivity index (χ0n) is 27.8. The molecule has 0 unspecified atom stereocenters. The Morgan fingerprint density at radius 3 is 2.29 bits per heavy atom. The monoisotopic (exact) mass is 617 g/mol. The molecule has 0 bridgehead atoms. The van der Waals surface area contributed by atoms with Crippen LogP contribution in [0.1, 0.15) is 99.5 Å². The molecule has 1 saturated heterocycles. The third-order valence-corrected chi connectivity index (χ3v) is 8.19. The largest absolute Gasteiger partial charge is 0.468 e. The van der Waals surface area contributed by atoms with Gasteiger partial charge in [0.2, 0.25) is 11.8 Å². The summed E-state index contributed by atoms with van der Waals surface area (Å²) in [5.74, 6) is 1.20. The van der Waals surface area contributed by atoms with E-state index < -0.39 is 5.60 Å². The van der Waals surface area contributed by atoms with Crippen LogP contribution in [0.3, 0.4) is 0 Å². The van der Waals surface area contributed by atoms with Crippen LogP contribution in [0.2, 0.25) is 0 Å². The number of likely N-dealkylation sites (tertiary alicyclic amines) is 1. The van der Waals surface area contributed by atoms with E-state index in [-0.39, 0.29) is 19.2 Å². The molecular weight excluding hydrogens is 566 g/mol. The number of anilines is 2. The summed E-state index contributed by atoms with van der Waals surface area (Å²) >= 11 is 0. The number of carbonyl (C=O) groups is 1. The van der Waals surface area contributed by atoms with E-state index in [0.29, 0.717) is 24.4 Å². The average molecular weight is 618 g/mol. The van der Waals surface area contributed by atoms with E-state index in [4.69, 9.17) is 14.5 Å².